The van der Waals surface area contributed by atoms with Crippen molar-refractivity contribution in [1.29, 1.82) is 0 Å². The van der Waals surface area contributed by atoms with Crippen molar-refractivity contribution in [1.82, 2.24) is 20.4 Å². The average Bonchev–Trinajstić information content (AvgIpc) is 3.01. The van der Waals surface area contributed by atoms with Gasteiger partial charge in [0.25, 0.3) is 5.91 Å². The first-order chi connectivity index (χ1) is 11.5. The average molecular weight is 349 g/mol. The molecule has 1 aromatic carbocycles. The van der Waals surface area contributed by atoms with Crippen molar-refractivity contribution in [3.63, 3.8) is 0 Å². The molecule has 0 fully saturated rings. The number of aromatic amines is 1. The van der Waals surface area contributed by atoms with E-state index >= 15 is 0 Å². The summed E-state index contributed by atoms with van der Waals surface area (Å²) in [5, 5.41) is 6.29. The van der Waals surface area contributed by atoms with Crippen molar-refractivity contribution >= 4 is 17.5 Å². The molecule has 1 amide bonds. The third kappa shape index (κ3) is 3.49. The van der Waals surface area contributed by atoms with Crippen molar-refractivity contribution in [3.05, 3.63) is 69.2 Å². The summed E-state index contributed by atoms with van der Waals surface area (Å²) in [6.45, 7) is -0.0390. The topological polar surface area (TPSA) is 101 Å². The highest BCUT2D eigenvalue weighted by Crippen LogP contribution is 2.17. The van der Waals surface area contributed by atoms with Gasteiger partial charge in [-0.3, -0.25) is 9.59 Å². The fraction of sp³-hybridized carbons (Fsp3) is 0.0667. The number of carbonyl (C=O) groups excluding carboxylic acids is 1. The molecule has 3 rings (SSSR count). The maximum atomic E-state index is 13.0. The summed E-state index contributed by atoms with van der Waals surface area (Å²) in [6, 6.07) is 6.41. The molecule has 2 heterocycles. The lowest BCUT2D eigenvalue weighted by Gasteiger charge is -2.04. The number of halogens is 2. The maximum Gasteiger partial charge on any atom is 0.253 e. The number of amides is 1. The lowest BCUT2D eigenvalue weighted by molar-refractivity contribution is 0.0946. The normalized spacial score (nSPS) is 10.6. The molecule has 24 heavy (non-hydrogen) atoms. The first-order valence-corrected chi connectivity index (χ1v) is 7.15. The van der Waals surface area contributed by atoms with E-state index in [1.54, 1.807) is 6.07 Å². The van der Waals surface area contributed by atoms with Gasteiger partial charge in [-0.05, 0) is 24.3 Å². The second-order valence-electron chi connectivity index (χ2n) is 4.76. The molecule has 0 saturated carbocycles. The van der Waals surface area contributed by atoms with E-state index in [-0.39, 0.29) is 34.4 Å². The van der Waals surface area contributed by atoms with Gasteiger partial charge in [0.2, 0.25) is 17.3 Å². The number of rotatable bonds is 4. The van der Waals surface area contributed by atoms with Crippen LogP contribution in [0.1, 0.15) is 16.2 Å². The fourth-order valence-corrected chi connectivity index (χ4v) is 2.21. The summed E-state index contributed by atoms with van der Waals surface area (Å²) in [6.07, 6.45) is 1.46. The molecule has 0 aliphatic heterocycles. The Morgan fingerprint density at radius 2 is 2.17 bits per heavy atom. The van der Waals surface area contributed by atoms with Crippen LogP contribution in [-0.4, -0.2) is 21.0 Å². The van der Waals surface area contributed by atoms with Crippen molar-refractivity contribution in [2.75, 3.05) is 0 Å². The molecule has 0 atom stereocenters. The molecule has 3 aromatic rings. The molecule has 0 unspecified atom stereocenters. The van der Waals surface area contributed by atoms with Gasteiger partial charge in [-0.15, -0.1) is 0 Å². The van der Waals surface area contributed by atoms with E-state index in [2.05, 4.69) is 20.4 Å². The highest BCUT2D eigenvalue weighted by atomic mass is 35.5. The lowest BCUT2D eigenvalue weighted by Crippen LogP contribution is -2.23. The second kappa shape index (κ2) is 6.63. The second-order valence-corrected chi connectivity index (χ2v) is 5.17. The third-order valence-electron chi connectivity index (χ3n) is 3.08. The standard InChI is InChI=1S/C15H10ClFN4O3/c16-11-6-9(17)1-2-10(11)15(23)19-7-13-20-14(21-24-13)8-3-4-18-12(22)5-8/h1-6H,7H2,(H,18,22)(H,19,23). The fourth-order valence-electron chi connectivity index (χ4n) is 1.95. The number of aromatic nitrogens is 3. The Morgan fingerprint density at radius 3 is 2.92 bits per heavy atom. The number of benzene rings is 1. The van der Waals surface area contributed by atoms with Crippen molar-refractivity contribution in [3.8, 4) is 11.4 Å². The van der Waals surface area contributed by atoms with Crippen LogP contribution in [0.15, 0.2) is 45.8 Å². The molecule has 0 saturated heterocycles. The minimum absolute atomic E-state index is 0.00206. The van der Waals surface area contributed by atoms with Gasteiger partial charge in [-0.2, -0.15) is 4.98 Å². The van der Waals surface area contributed by atoms with Crippen LogP contribution in [0.3, 0.4) is 0 Å². The van der Waals surface area contributed by atoms with Crippen LogP contribution < -0.4 is 10.9 Å². The van der Waals surface area contributed by atoms with Gasteiger partial charge in [-0.25, -0.2) is 4.39 Å². The number of hydrogen-bond donors (Lipinski definition) is 2. The Kier molecular flexibility index (Phi) is 4.39. The maximum absolute atomic E-state index is 13.0. The Bertz CT molecular complexity index is 954. The van der Waals surface area contributed by atoms with E-state index in [4.69, 9.17) is 16.1 Å². The molecule has 2 N–H and O–H groups in total. The SMILES string of the molecule is O=C(NCc1nc(-c2cc[nH]c(=O)c2)no1)c1ccc(F)cc1Cl. The minimum Gasteiger partial charge on any atom is -0.343 e. The summed E-state index contributed by atoms with van der Waals surface area (Å²) >= 11 is 5.82. The highest BCUT2D eigenvalue weighted by molar-refractivity contribution is 6.33. The quantitative estimate of drug-likeness (QED) is 0.752. The zero-order valence-electron chi connectivity index (χ0n) is 12.0. The molecule has 2 aromatic heterocycles. The van der Waals surface area contributed by atoms with E-state index < -0.39 is 11.7 Å². The number of nitrogens with one attached hydrogen (secondary N) is 2. The van der Waals surface area contributed by atoms with Crippen LogP contribution in [0.5, 0.6) is 0 Å². The number of H-pyrrole nitrogens is 1. The van der Waals surface area contributed by atoms with Crippen molar-refractivity contribution < 1.29 is 13.7 Å². The van der Waals surface area contributed by atoms with Gasteiger partial charge >= 0.3 is 0 Å². The van der Waals surface area contributed by atoms with Crippen LogP contribution >= 0.6 is 11.6 Å². The molecule has 0 aliphatic carbocycles. The summed E-state index contributed by atoms with van der Waals surface area (Å²) in [5.41, 5.74) is 0.326. The first kappa shape index (κ1) is 15.9. The van der Waals surface area contributed by atoms with Gasteiger partial charge in [-0.1, -0.05) is 16.8 Å². The summed E-state index contributed by atoms with van der Waals surface area (Å²) in [7, 11) is 0. The number of hydrogen-bond acceptors (Lipinski definition) is 5. The molecule has 9 heteroatoms. The van der Waals surface area contributed by atoms with Gasteiger partial charge in [0.05, 0.1) is 17.1 Å². The van der Waals surface area contributed by atoms with E-state index in [0.717, 1.165) is 12.1 Å². The highest BCUT2D eigenvalue weighted by Gasteiger charge is 2.13. The summed E-state index contributed by atoms with van der Waals surface area (Å²) in [5.74, 6) is -0.658. The largest absolute Gasteiger partial charge is 0.343 e. The summed E-state index contributed by atoms with van der Waals surface area (Å²) < 4.78 is 18.0. The van der Waals surface area contributed by atoms with Crippen molar-refractivity contribution in [2.45, 2.75) is 6.54 Å². The van der Waals surface area contributed by atoms with E-state index in [1.165, 1.54) is 18.3 Å². The molecule has 0 radical (unpaired) electrons. The molecule has 122 valence electrons. The Morgan fingerprint density at radius 1 is 1.33 bits per heavy atom. The molecule has 7 nitrogen and oxygen atoms in total. The first-order valence-electron chi connectivity index (χ1n) is 6.78. The Balaban J connectivity index is 1.69. The van der Waals surface area contributed by atoms with Crippen LogP contribution in [0, 0.1) is 5.82 Å². The number of carbonyl (C=O) groups is 1. The smallest absolute Gasteiger partial charge is 0.253 e. The zero-order chi connectivity index (χ0) is 17.1. The van der Waals surface area contributed by atoms with Crippen LogP contribution in [-0.2, 0) is 6.54 Å². The molecular formula is C15H10ClFN4O3. The van der Waals surface area contributed by atoms with Gasteiger partial charge < -0.3 is 14.8 Å². The van der Waals surface area contributed by atoms with Gasteiger partial charge in [0.1, 0.15) is 5.82 Å². The summed E-state index contributed by atoms with van der Waals surface area (Å²) in [4.78, 5) is 29.8. The molecule has 0 aliphatic rings. The third-order valence-corrected chi connectivity index (χ3v) is 3.39. The van der Waals surface area contributed by atoms with Crippen LogP contribution in [0.2, 0.25) is 5.02 Å². The van der Waals surface area contributed by atoms with Gasteiger partial charge in [0.15, 0.2) is 0 Å². The molecular weight excluding hydrogens is 339 g/mol. The monoisotopic (exact) mass is 348 g/mol. The lowest BCUT2D eigenvalue weighted by atomic mass is 10.2. The molecule has 0 bridgehead atoms. The van der Waals surface area contributed by atoms with E-state index in [0.29, 0.717) is 5.56 Å². The number of pyridine rings is 1. The number of nitrogens with zero attached hydrogens (tertiary/aromatic N) is 2. The predicted octanol–water partition coefficient (Wildman–Crippen LogP) is 2.15. The Labute approximate surface area is 139 Å². The van der Waals surface area contributed by atoms with Crippen LogP contribution in [0.25, 0.3) is 11.4 Å². The predicted molar refractivity (Wildman–Crippen MR) is 82.9 cm³/mol. The van der Waals surface area contributed by atoms with Crippen LogP contribution in [0.4, 0.5) is 4.39 Å². The Hall–Kier alpha value is -3.00. The van der Waals surface area contributed by atoms with E-state index in [9.17, 15) is 14.0 Å². The minimum atomic E-state index is -0.532. The zero-order valence-corrected chi connectivity index (χ0v) is 12.8. The van der Waals surface area contributed by atoms with E-state index in [1.807, 2.05) is 0 Å². The van der Waals surface area contributed by atoms with Crippen molar-refractivity contribution in [2.24, 2.45) is 0 Å². The van der Waals surface area contributed by atoms with Gasteiger partial charge in [0, 0.05) is 17.8 Å². The molecule has 0 spiro atoms.